The summed E-state index contributed by atoms with van der Waals surface area (Å²) in [5.74, 6) is 1.12. The molecule has 0 bridgehead atoms. The molecule has 2 aromatic rings. The van der Waals surface area contributed by atoms with Crippen molar-refractivity contribution in [3.8, 4) is 17.1 Å². The Bertz CT molecular complexity index is 581. The van der Waals surface area contributed by atoms with Crippen molar-refractivity contribution in [3.63, 3.8) is 0 Å². The zero-order valence-corrected chi connectivity index (χ0v) is 9.82. The summed E-state index contributed by atoms with van der Waals surface area (Å²) in [6, 6.07) is 5.09. The monoisotopic (exact) mass is 247 g/mol. The molecule has 18 heavy (non-hydrogen) atoms. The van der Waals surface area contributed by atoms with Crippen LogP contribution in [0.15, 0.2) is 18.2 Å². The van der Waals surface area contributed by atoms with Crippen LogP contribution in [0.25, 0.3) is 11.4 Å². The molecule has 0 amide bonds. The van der Waals surface area contributed by atoms with Gasteiger partial charge in [-0.3, -0.25) is 0 Å². The zero-order chi connectivity index (χ0) is 12.7. The Labute approximate surface area is 103 Å². The summed E-state index contributed by atoms with van der Waals surface area (Å²) in [5, 5.41) is 21.4. The lowest BCUT2D eigenvalue weighted by molar-refractivity contribution is 0.0904. The predicted molar refractivity (Wildman–Crippen MR) is 63.9 cm³/mol. The van der Waals surface area contributed by atoms with E-state index >= 15 is 0 Å². The number of para-hydroxylation sites is 1. The molecule has 1 aromatic heterocycles. The topological polar surface area (TPSA) is 99.1 Å². The molecule has 1 aromatic carbocycles. The quantitative estimate of drug-likeness (QED) is 0.700. The van der Waals surface area contributed by atoms with Crippen molar-refractivity contribution >= 4 is 5.69 Å². The average molecular weight is 247 g/mol. The molecule has 3 rings (SSSR count). The number of fused-ring (bicyclic) bond motifs is 3. The van der Waals surface area contributed by atoms with Crippen molar-refractivity contribution in [1.29, 1.82) is 0 Å². The number of aliphatic hydroxyl groups is 1. The lowest BCUT2D eigenvalue weighted by atomic mass is 10.1. The van der Waals surface area contributed by atoms with Crippen molar-refractivity contribution in [2.24, 2.45) is 0 Å². The number of hydrogen-bond acceptors (Lipinski definition) is 6. The molecule has 1 unspecified atom stereocenters. The van der Waals surface area contributed by atoms with E-state index in [-0.39, 0.29) is 12.6 Å². The second-order valence-electron chi connectivity index (χ2n) is 4.29. The van der Waals surface area contributed by atoms with Gasteiger partial charge in [-0.25, -0.2) is 4.68 Å². The summed E-state index contributed by atoms with van der Waals surface area (Å²) in [7, 11) is 0. The van der Waals surface area contributed by atoms with Crippen molar-refractivity contribution in [2.75, 3.05) is 12.3 Å². The minimum absolute atomic E-state index is 0.275. The van der Waals surface area contributed by atoms with Crippen molar-refractivity contribution in [2.45, 2.75) is 19.1 Å². The van der Waals surface area contributed by atoms with Crippen molar-refractivity contribution < 1.29 is 9.84 Å². The Morgan fingerprint density at radius 2 is 2.39 bits per heavy atom. The number of tetrazole rings is 1. The Balaban J connectivity index is 2.20. The van der Waals surface area contributed by atoms with Gasteiger partial charge in [-0.1, -0.05) is 6.07 Å². The number of nitrogens with zero attached hydrogens (tertiary/aromatic N) is 4. The molecule has 1 aliphatic rings. The van der Waals surface area contributed by atoms with Gasteiger partial charge in [-0.2, -0.15) is 0 Å². The molecule has 3 N–H and O–H groups in total. The third-order valence-electron chi connectivity index (χ3n) is 3.05. The van der Waals surface area contributed by atoms with E-state index in [1.165, 1.54) is 0 Å². The largest absolute Gasteiger partial charge is 0.488 e. The van der Waals surface area contributed by atoms with Crippen LogP contribution in [-0.4, -0.2) is 38.0 Å². The van der Waals surface area contributed by atoms with E-state index in [1.54, 1.807) is 17.7 Å². The molecule has 0 saturated carbocycles. The van der Waals surface area contributed by atoms with Crippen LogP contribution in [0, 0.1) is 0 Å². The minimum Gasteiger partial charge on any atom is -0.488 e. The number of nitrogens with two attached hydrogens (primary N) is 1. The van der Waals surface area contributed by atoms with Gasteiger partial charge in [0.15, 0.2) is 11.6 Å². The lowest BCUT2D eigenvalue weighted by Crippen LogP contribution is -2.27. The molecular formula is C11H13N5O2. The number of hydrogen-bond donors (Lipinski definition) is 2. The third-order valence-corrected chi connectivity index (χ3v) is 3.05. The number of benzene rings is 1. The predicted octanol–water partition coefficient (Wildman–Crippen LogP) is 0.237. The van der Waals surface area contributed by atoms with Gasteiger partial charge in [0.25, 0.3) is 0 Å². The molecule has 0 aliphatic carbocycles. The zero-order valence-electron chi connectivity index (χ0n) is 9.82. The summed E-state index contributed by atoms with van der Waals surface area (Å²) < 4.78 is 7.26. The van der Waals surface area contributed by atoms with Gasteiger partial charge < -0.3 is 15.6 Å². The van der Waals surface area contributed by atoms with Crippen LogP contribution in [0.4, 0.5) is 5.69 Å². The lowest BCUT2D eigenvalue weighted by Gasteiger charge is -2.18. The van der Waals surface area contributed by atoms with Crippen LogP contribution in [0.2, 0.25) is 0 Å². The Hall–Kier alpha value is -2.15. The minimum atomic E-state index is -0.622. The summed E-state index contributed by atoms with van der Waals surface area (Å²) in [6.07, 6.45) is -0.622. The first-order valence-corrected chi connectivity index (χ1v) is 5.66. The van der Waals surface area contributed by atoms with Gasteiger partial charge in [0.2, 0.25) is 0 Å². The fourth-order valence-electron chi connectivity index (χ4n) is 2.07. The summed E-state index contributed by atoms with van der Waals surface area (Å²) in [6.45, 7) is 1.95. The molecule has 0 spiro atoms. The van der Waals surface area contributed by atoms with E-state index < -0.39 is 6.10 Å². The molecule has 1 aliphatic heterocycles. The number of aromatic nitrogens is 4. The number of nitrogen functional groups attached to an aromatic ring is 1. The summed E-state index contributed by atoms with van der Waals surface area (Å²) in [5.41, 5.74) is 7.17. The molecule has 0 radical (unpaired) electrons. The molecule has 0 saturated heterocycles. The van der Waals surface area contributed by atoms with Gasteiger partial charge in [0.1, 0.15) is 12.6 Å². The average Bonchev–Trinajstić information content (AvgIpc) is 2.74. The maximum Gasteiger partial charge on any atom is 0.186 e. The normalized spacial score (nSPS) is 19.3. The van der Waals surface area contributed by atoms with Crippen LogP contribution in [0.5, 0.6) is 5.75 Å². The van der Waals surface area contributed by atoms with Crippen LogP contribution in [0.1, 0.15) is 13.0 Å². The molecule has 94 valence electrons. The number of rotatable bonds is 1. The van der Waals surface area contributed by atoms with Gasteiger partial charge in [-0.15, -0.1) is 5.10 Å². The molecular weight excluding hydrogens is 234 g/mol. The fourth-order valence-corrected chi connectivity index (χ4v) is 2.07. The van der Waals surface area contributed by atoms with E-state index in [9.17, 15) is 5.11 Å². The smallest absolute Gasteiger partial charge is 0.186 e. The highest BCUT2D eigenvalue weighted by Gasteiger charge is 2.29. The summed E-state index contributed by atoms with van der Waals surface area (Å²) in [4.78, 5) is 0. The van der Waals surface area contributed by atoms with E-state index in [0.29, 0.717) is 17.3 Å². The standard InChI is InChI=1S/C11H13N5O2/c1-6(17)9-5-18-10-7(3-2-4-8(10)12)11-13-14-15-16(9)11/h2-4,6,9,17H,5,12H2,1H3/t6?,9-/m0/s1. The Morgan fingerprint density at radius 1 is 1.56 bits per heavy atom. The van der Waals surface area contributed by atoms with E-state index in [1.807, 2.05) is 12.1 Å². The first-order valence-electron chi connectivity index (χ1n) is 5.66. The first-order chi connectivity index (χ1) is 8.68. The molecule has 2 atom stereocenters. The highest BCUT2D eigenvalue weighted by atomic mass is 16.5. The SMILES string of the molecule is CC(O)[C@@H]1COc2c(N)cccc2-c2nnnn21. The molecule has 0 fully saturated rings. The third kappa shape index (κ3) is 1.52. The van der Waals surface area contributed by atoms with Gasteiger partial charge in [-0.05, 0) is 29.5 Å². The van der Waals surface area contributed by atoms with E-state index in [4.69, 9.17) is 10.5 Å². The van der Waals surface area contributed by atoms with Gasteiger partial charge >= 0.3 is 0 Å². The second-order valence-corrected chi connectivity index (χ2v) is 4.29. The van der Waals surface area contributed by atoms with Crippen LogP contribution < -0.4 is 10.5 Å². The number of ether oxygens (including phenoxy) is 1. The molecule has 2 heterocycles. The van der Waals surface area contributed by atoms with Crippen LogP contribution >= 0.6 is 0 Å². The van der Waals surface area contributed by atoms with Gasteiger partial charge in [0.05, 0.1) is 17.4 Å². The first kappa shape index (κ1) is 11.0. The maximum atomic E-state index is 9.79. The fraction of sp³-hybridized carbons (Fsp3) is 0.364. The van der Waals surface area contributed by atoms with E-state index in [0.717, 1.165) is 5.56 Å². The van der Waals surface area contributed by atoms with Crippen LogP contribution in [0.3, 0.4) is 0 Å². The van der Waals surface area contributed by atoms with Crippen LogP contribution in [-0.2, 0) is 0 Å². The second kappa shape index (κ2) is 3.95. The highest BCUT2D eigenvalue weighted by molar-refractivity contribution is 5.73. The Kier molecular flexibility index (Phi) is 2.41. The molecule has 7 heteroatoms. The molecule has 7 nitrogen and oxygen atoms in total. The van der Waals surface area contributed by atoms with E-state index in [2.05, 4.69) is 15.5 Å². The Morgan fingerprint density at radius 3 is 3.17 bits per heavy atom. The number of anilines is 1. The van der Waals surface area contributed by atoms with Crippen molar-refractivity contribution in [3.05, 3.63) is 18.2 Å². The number of aliphatic hydroxyl groups excluding tert-OH is 1. The maximum absolute atomic E-state index is 9.79. The van der Waals surface area contributed by atoms with Gasteiger partial charge in [0, 0.05) is 0 Å². The highest BCUT2D eigenvalue weighted by Crippen LogP contribution is 2.37. The summed E-state index contributed by atoms with van der Waals surface area (Å²) >= 11 is 0. The van der Waals surface area contributed by atoms with Crippen molar-refractivity contribution in [1.82, 2.24) is 20.2 Å².